The molecule has 5 rings (SSSR count). The normalized spacial score (nSPS) is 14.7. The van der Waals surface area contributed by atoms with Gasteiger partial charge in [0.2, 0.25) is 0 Å². The lowest BCUT2D eigenvalue weighted by Gasteiger charge is -2.27. The van der Waals surface area contributed by atoms with Crippen LogP contribution in [0.1, 0.15) is 63.0 Å². The summed E-state index contributed by atoms with van der Waals surface area (Å²) < 4.78 is 56.0. The van der Waals surface area contributed by atoms with E-state index in [1.807, 2.05) is 19.9 Å². The minimum absolute atomic E-state index is 0.0790. The van der Waals surface area contributed by atoms with Crippen molar-refractivity contribution in [2.75, 3.05) is 44.4 Å². The highest BCUT2D eigenvalue weighted by Gasteiger charge is 2.30. The Bertz CT molecular complexity index is 1580. The lowest BCUT2D eigenvalue weighted by Crippen LogP contribution is -2.38. The maximum absolute atomic E-state index is 13.1. The van der Waals surface area contributed by atoms with Gasteiger partial charge < -0.3 is 24.3 Å². The molecular formula is C34H42F3N5O5. The third-order valence-corrected chi connectivity index (χ3v) is 7.21. The Balaban J connectivity index is 0.00000245. The van der Waals surface area contributed by atoms with Crippen LogP contribution in [0, 0.1) is 0 Å². The predicted molar refractivity (Wildman–Crippen MR) is 172 cm³/mol. The van der Waals surface area contributed by atoms with Gasteiger partial charge in [0.05, 0.1) is 31.5 Å². The zero-order valence-corrected chi connectivity index (χ0v) is 27.3. The highest BCUT2D eigenvalue weighted by molar-refractivity contribution is 5.86. The number of alkyl halides is 3. The lowest BCUT2D eigenvalue weighted by atomic mass is 10.0. The van der Waals surface area contributed by atoms with E-state index in [2.05, 4.69) is 19.9 Å². The summed E-state index contributed by atoms with van der Waals surface area (Å²) in [5.74, 6) is 0.783. The molecule has 2 N–H and O–H groups in total. The van der Waals surface area contributed by atoms with Gasteiger partial charge in [-0.15, -0.1) is 0 Å². The number of morpholine rings is 1. The fourth-order valence-corrected chi connectivity index (χ4v) is 4.86. The number of pyridine rings is 2. The maximum Gasteiger partial charge on any atom is 0.416 e. The monoisotopic (exact) mass is 657 g/mol. The molecule has 1 unspecified atom stereocenters. The van der Waals surface area contributed by atoms with E-state index in [0.717, 1.165) is 31.8 Å². The van der Waals surface area contributed by atoms with Crippen molar-refractivity contribution in [3.8, 4) is 5.75 Å². The number of aromatic amines is 1. The molecule has 1 atom stereocenters. The van der Waals surface area contributed by atoms with E-state index >= 15 is 0 Å². The van der Waals surface area contributed by atoms with Crippen LogP contribution >= 0.6 is 0 Å². The topological polar surface area (TPSA) is 113 Å². The van der Waals surface area contributed by atoms with Crippen LogP contribution < -0.4 is 9.64 Å². The number of aliphatic hydroxyl groups is 1. The molecule has 0 radical (unpaired) electrons. The molecule has 1 amide bonds. The van der Waals surface area contributed by atoms with E-state index in [9.17, 15) is 23.1 Å². The number of halogens is 3. The third-order valence-electron chi connectivity index (χ3n) is 7.21. The molecule has 10 nitrogen and oxygen atoms in total. The van der Waals surface area contributed by atoms with Gasteiger partial charge in [-0.2, -0.15) is 13.2 Å². The Morgan fingerprint density at radius 1 is 1.06 bits per heavy atom. The standard InChI is InChI=1S/C32H36F3N5O5.C2H6/c1-31(2,3)45-30(42)40(20-21-4-7-23(8-5-21)32(33,34)35)27-9-6-22(17-36-27)28(41)26-19-38-29-25(26)16-24(18-37-29)44-15-12-39-10-13-43-14-11-39;1-2/h4-9,16-19,28,41H,10-15,20H2,1-3H3,(H,37,38);1-2H3. The zero-order chi connectivity index (χ0) is 34.2. The number of nitrogens with one attached hydrogen (secondary N) is 1. The molecule has 1 aliphatic rings. The number of carbonyl (C=O) groups excluding carboxylic acids is 1. The van der Waals surface area contributed by atoms with Gasteiger partial charge in [-0.05, 0) is 50.6 Å². The van der Waals surface area contributed by atoms with Crippen molar-refractivity contribution in [3.63, 3.8) is 0 Å². The first-order valence-electron chi connectivity index (χ1n) is 15.6. The van der Waals surface area contributed by atoms with E-state index < -0.39 is 29.5 Å². The molecule has 4 heterocycles. The van der Waals surface area contributed by atoms with E-state index in [1.54, 1.807) is 45.3 Å². The van der Waals surface area contributed by atoms with Crippen LogP contribution in [0.3, 0.4) is 0 Å². The molecule has 1 fully saturated rings. The first-order chi connectivity index (χ1) is 22.4. The number of rotatable bonds is 9. The smallest absolute Gasteiger partial charge is 0.416 e. The summed E-state index contributed by atoms with van der Waals surface area (Å²) in [6.45, 7) is 13.5. The van der Waals surface area contributed by atoms with Crippen molar-refractivity contribution in [3.05, 3.63) is 83.3 Å². The van der Waals surface area contributed by atoms with E-state index in [0.29, 0.717) is 53.3 Å². The van der Waals surface area contributed by atoms with Gasteiger partial charge in [-0.3, -0.25) is 9.80 Å². The fraction of sp³-hybridized carbons (Fsp3) is 0.441. The van der Waals surface area contributed by atoms with E-state index in [4.69, 9.17) is 14.2 Å². The van der Waals surface area contributed by atoms with Crippen molar-refractivity contribution < 1.29 is 37.3 Å². The van der Waals surface area contributed by atoms with Crippen LogP contribution in [0.2, 0.25) is 0 Å². The molecule has 0 saturated carbocycles. The zero-order valence-electron chi connectivity index (χ0n) is 27.3. The van der Waals surface area contributed by atoms with Crippen LogP contribution in [0.15, 0.2) is 61.1 Å². The number of fused-ring (bicyclic) bond motifs is 1. The third kappa shape index (κ3) is 9.66. The number of aromatic nitrogens is 3. The molecule has 3 aromatic heterocycles. The highest BCUT2D eigenvalue weighted by atomic mass is 19.4. The average molecular weight is 658 g/mol. The van der Waals surface area contributed by atoms with Crippen LogP contribution in [0.5, 0.6) is 5.75 Å². The summed E-state index contributed by atoms with van der Waals surface area (Å²) in [6, 6.07) is 9.56. The van der Waals surface area contributed by atoms with E-state index in [1.165, 1.54) is 23.2 Å². The highest BCUT2D eigenvalue weighted by Crippen LogP contribution is 2.32. The summed E-state index contributed by atoms with van der Waals surface area (Å²) in [7, 11) is 0. The van der Waals surface area contributed by atoms with Gasteiger partial charge in [0.25, 0.3) is 0 Å². The molecule has 1 aliphatic heterocycles. The van der Waals surface area contributed by atoms with Crippen LogP contribution in [-0.2, 0) is 22.2 Å². The number of amides is 1. The number of anilines is 1. The number of benzene rings is 1. The summed E-state index contributed by atoms with van der Waals surface area (Å²) in [4.78, 5) is 28.6. The second kappa shape index (κ2) is 15.6. The number of ether oxygens (including phenoxy) is 3. The quantitative estimate of drug-likeness (QED) is 0.204. The number of hydrogen-bond acceptors (Lipinski definition) is 8. The minimum atomic E-state index is -4.47. The summed E-state index contributed by atoms with van der Waals surface area (Å²) in [6.07, 6.45) is -1.51. The number of H-pyrrole nitrogens is 1. The molecule has 47 heavy (non-hydrogen) atoms. The minimum Gasteiger partial charge on any atom is -0.491 e. The van der Waals surface area contributed by atoms with Crippen molar-refractivity contribution in [2.45, 2.75) is 59.0 Å². The Labute approximate surface area is 272 Å². The van der Waals surface area contributed by atoms with Gasteiger partial charge in [-0.25, -0.2) is 14.8 Å². The van der Waals surface area contributed by atoms with Gasteiger partial charge in [-0.1, -0.05) is 32.0 Å². The van der Waals surface area contributed by atoms with Gasteiger partial charge in [0.1, 0.15) is 35.5 Å². The van der Waals surface area contributed by atoms with Crippen LogP contribution in [0.25, 0.3) is 11.0 Å². The maximum atomic E-state index is 13.1. The summed E-state index contributed by atoms with van der Waals surface area (Å²) in [5.41, 5.74) is 0.456. The second-order valence-corrected chi connectivity index (χ2v) is 11.7. The van der Waals surface area contributed by atoms with Crippen molar-refractivity contribution in [1.29, 1.82) is 0 Å². The molecule has 1 saturated heterocycles. The second-order valence-electron chi connectivity index (χ2n) is 11.7. The molecule has 254 valence electrons. The van der Waals surface area contributed by atoms with Gasteiger partial charge >= 0.3 is 12.3 Å². The van der Waals surface area contributed by atoms with Gasteiger partial charge in [0, 0.05) is 48.5 Å². The number of hydrogen-bond donors (Lipinski definition) is 2. The SMILES string of the molecule is CC.CC(C)(C)OC(=O)N(Cc1ccc(C(F)(F)F)cc1)c1ccc(C(O)c2c[nH]c3ncc(OCCN4CCOCC4)cc23)cn1. The average Bonchev–Trinajstić information content (AvgIpc) is 3.47. The molecule has 0 bridgehead atoms. The van der Waals surface area contributed by atoms with Crippen molar-refractivity contribution >= 4 is 22.9 Å². The summed E-state index contributed by atoms with van der Waals surface area (Å²) in [5, 5.41) is 12.0. The fourth-order valence-electron chi connectivity index (χ4n) is 4.86. The van der Waals surface area contributed by atoms with Crippen molar-refractivity contribution in [2.24, 2.45) is 0 Å². The van der Waals surface area contributed by atoms with Crippen molar-refractivity contribution in [1.82, 2.24) is 19.9 Å². The Morgan fingerprint density at radius 3 is 2.38 bits per heavy atom. The number of carbonyl (C=O) groups is 1. The Kier molecular flexibility index (Phi) is 11.8. The Hall–Kier alpha value is -4.20. The largest absolute Gasteiger partial charge is 0.491 e. The predicted octanol–water partition coefficient (Wildman–Crippen LogP) is 6.74. The van der Waals surface area contributed by atoms with Gasteiger partial charge in [0.15, 0.2) is 0 Å². The van der Waals surface area contributed by atoms with E-state index in [-0.39, 0.29) is 12.4 Å². The van der Waals surface area contributed by atoms with Crippen LogP contribution in [-0.4, -0.2) is 76.1 Å². The first kappa shape index (κ1) is 35.7. The first-order valence-corrected chi connectivity index (χ1v) is 15.6. The number of aliphatic hydroxyl groups excluding tert-OH is 1. The number of nitrogens with zero attached hydrogens (tertiary/aromatic N) is 4. The molecule has 0 aliphatic carbocycles. The Morgan fingerprint density at radius 2 is 1.77 bits per heavy atom. The molecule has 13 heteroatoms. The molecule has 0 spiro atoms. The molecular weight excluding hydrogens is 615 g/mol. The summed E-state index contributed by atoms with van der Waals surface area (Å²) >= 11 is 0. The van der Waals surface area contributed by atoms with Crippen LogP contribution in [0.4, 0.5) is 23.8 Å². The molecule has 1 aromatic carbocycles. The molecule has 4 aromatic rings. The lowest BCUT2D eigenvalue weighted by molar-refractivity contribution is -0.137.